The highest BCUT2D eigenvalue weighted by atomic mass is 16.2. The first-order valence-electron chi connectivity index (χ1n) is 8.23. The van der Waals surface area contributed by atoms with Crippen LogP contribution in [-0.2, 0) is 11.8 Å². The largest absolute Gasteiger partial charge is 0.376 e. The van der Waals surface area contributed by atoms with Crippen LogP contribution in [0.2, 0.25) is 0 Å². The first-order chi connectivity index (χ1) is 12.1. The van der Waals surface area contributed by atoms with Crippen LogP contribution in [0.15, 0.2) is 53.6 Å². The molecular formula is C20H22N4O. The van der Waals surface area contributed by atoms with Crippen LogP contribution in [0.4, 0.5) is 5.69 Å². The van der Waals surface area contributed by atoms with Gasteiger partial charge in [0.25, 0.3) is 5.91 Å². The molecule has 0 saturated heterocycles. The molecule has 0 spiro atoms. The second-order valence-corrected chi connectivity index (χ2v) is 6.04. The lowest BCUT2D eigenvalue weighted by atomic mass is 10.1. The highest BCUT2D eigenvalue weighted by molar-refractivity contribution is 6.01. The fourth-order valence-electron chi connectivity index (χ4n) is 2.87. The number of para-hydroxylation sites is 2. The Bertz CT molecular complexity index is 940. The molecule has 2 aromatic carbocycles. The fourth-order valence-corrected chi connectivity index (χ4v) is 2.87. The van der Waals surface area contributed by atoms with Crippen molar-refractivity contribution in [1.82, 2.24) is 9.99 Å². The van der Waals surface area contributed by atoms with Crippen molar-refractivity contribution in [2.24, 2.45) is 12.1 Å². The number of carbonyl (C=O) groups is 1. The molecule has 0 atom stereocenters. The summed E-state index contributed by atoms with van der Waals surface area (Å²) in [6.07, 6.45) is 1.71. The normalized spacial score (nSPS) is 11.2. The van der Waals surface area contributed by atoms with E-state index in [-0.39, 0.29) is 12.5 Å². The van der Waals surface area contributed by atoms with Crippen molar-refractivity contribution in [2.45, 2.75) is 13.8 Å². The number of hydrogen-bond donors (Lipinski definition) is 2. The monoisotopic (exact) mass is 334 g/mol. The van der Waals surface area contributed by atoms with E-state index in [1.165, 1.54) is 0 Å². The SMILES string of the molecule is Cc1ccccc1NCC(=O)N/N=C/c1c(C)n(C)c2ccccc12. The van der Waals surface area contributed by atoms with Crippen molar-refractivity contribution in [2.75, 3.05) is 11.9 Å². The first kappa shape index (κ1) is 16.8. The quantitative estimate of drug-likeness (QED) is 0.555. The van der Waals surface area contributed by atoms with Crippen molar-refractivity contribution in [3.63, 3.8) is 0 Å². The summed E-state index contributed by atoms with van der Waals surface area (Å²) in [4.78, 5) is 12.0. The number of aromatic nitrogens is 1. The number of nitrogens with one attached hydrogen (secondary N) is 2. The molecule has 0 saturated carbocycles. The maximum absolute atomic E-state index is 12.0. The zero-order valence-electron chi connectivity index (χ0n) is 14.7. The van der Waals surface area contributed by atoms with Crippen molar-refractivity contribution in [3.8, 4) is 0 Å². The highest BCUT2D eigenvalue weighted by Crippen LogP contribution is 2.22. The van der Waals surface area contributed by atoms with E-state index in [9.17, 15) is 4.79 Å². The molecule has 3 rings (SSSR count). The number of amides is 1. The molecule has 0 bridgehead atoms. The van der Waals surface area contributed by atoms with Crippen LogP contribution in [0.1, 0.15) is 16.8 Å². The van der Waals surface area contributed by atoms with Gasteiger partial charge in [0.15, 0.2) is 0 Å². The molecule has 2 N–H and O–H groups in total. The topological polar surface area (TPSA) is 58.4 Å². The molecule has 0 aliphatic carbocycles. The molecule has 0 radical (unpaired) electrons. The Labute approximate surface area is 147 Å². The van der Waals surface area contributed by atoms with Gasteiger partial charge in [-0.3, -0.25) is 4.79 Å². The minimum atomic E-state index is -0.183. The van der Waals surface area contributed by atoms with E-state index in [1.54, 1.807) is 6.21 Å². The van der Waals surface area contributed by atoms with E-state index < -0.39 is 0 Å². The Morgan fingerprint density at radius 3 is 2.64 bits per heavy atom. The van der Waals surface area contributed by atoms with E-state index in [4.69, 9.17) is 0 Å². The molecule has 1 aromatic heterocycles. The molecule has 25 heavy (non-hydrogen) atoms. The van der Waals surface area contributed by atoms with Gasteiger partial charge in [0.05, 0.1) is 12.8 Å². The fraction of sp³-hybridized carbons (Fsp3) is 0.200. The number of hydrazone groups is 1. The Morgan fingerprint density at radius 2 is 1.84 bits per heavy atom. The van der Waals surface area contributed by atoms with Gasteiger partial charge < -0.3 is 9.88 Å². The maximum atomic E-state index is 12.0. The lowest BCUT2D eigenvalue weighted by molar-refractivity contribution is -0.119. The molecule has 3 aromatic rings. The molecule has 5 heteroatoms. The summed E-state index contributed by atoms with van der Waals surface area (Å²) in [5.41, 5.74) is 7.91. The summed E-state index contributed by atoms with van der Waals surface area (Å²) in [5, 5.41) is 8.36. The third-order valence-corrected chi connectivity index (χ3v) is 4.42. The number of rotatable bonds is 5. The van der Waals surface area contributed by atoms with Gasteiger partial charge in [0.2, 0.25) is 0 Å². The number of benzene rings is 2. The predicted molar refractivity (Wildman–Crippen MR) is 103 cm³/mol. The van der Waals surface area contributed by atoms with E-state index in [0.29, 0.717) is 0 Å². The van der Waals surface area contributed by atoms with Gasteiger partial charge in [-0.05, 0) is 31.5 Å². The second-order valence-electron chi connectivity index (χ2n) is 6.04. The molecule has 5 nitrogen and oxygen atoms in total. The number of hydrogen-bond acceptors (Lipinski definition) is 3. The van der Waals surface area contributed by atoms with Gasteiger partial charge in [0.1, 0.15) is 0 Å². The van der Waals surface area contributed by atoms with E-state index in [2.05, 4.69) is 32.5 Å². The van der Waals surface area contributed by atoms with Crippen LogP contribution in [0.25, 0.3) is 10.9 Å². The van der Waals surface area contributed by atoms with E-state index in [0.717, 1.165) is 33.4 Å². The lowest BCUT2D eigenvalue weighted by Gasteiger charge is -2.07. The minimum Gasteiger partial charge on any atom is -0.376 e. The summed E-state index contributed by atoms with van der Waals surface area (Å²) >= 11 is 0. The van der Waals surface area contributed by atoms with Gasteiger partial charge in [-0.2, -0.15) is 5.10 Å². The summed E-state index contributed by atoms with van der Waals surface area (Å²) in [7, 11) is 2.03. The van der Waals surface area contributed by atoms with Gasteiger partial charge >= 0.3 is 0 Å². The number of fused-ring (bicyclic) bond motifs is 1. The Hall–Kier alpha value is -3.08. The van der Waals surface area contributed by atoms with Gasteiger partial charge in [-0.1, -0.05) is 36.4 Å². The third-order valence-electron chi connectivity index (χ3n) is 4.42. The highest BCUT2D eigenvalue weighted by Gasteiger charge is 2.09. The van der Waals surface area contributed by atoms with Crippen molar-refractivity contribution in [1.29, 1.82) is 0 Å². The van der Waals surface area contributed by atoms with E-state index >= 15 is 0 Å². The zero-order chi connectivity index (χ0) is 17.8. The molecule has 0 aliphatic heterocycles. The predicted octanol–water partition coefficient (Wildman–Crippen LogP) is 3.36. The molecular weight excluding hydrogens is 312 g/mol. The Kier molecular flexibility index (Phi) is 4.84. The number of carbonyl (C=O) groups excluding carboxylic acids is 1. The standard InChI is InChI=1S/C20H22N4O/c1-14-8-4-6-10-18(14)21-13-20(25)23-22-12-17-15(2)24(3)19-11-7-5-9-16(17)19/h4-12,21H,13H2,1-3H3,(H,23,25)/b22-12+. The third kappa shape index (κ3) is 3.55. The van der Waals surface area contributed by atoms with Crippen LogP contribution >= 0.6 is 0 Å². The summed E-state index contributed by atoms with van der Waals surface area (Å²) in [6, 6.07) is 16.0. The number of nitrogens with zero attached hydrogens (tertiary/aromatic N) is 2. The smallest absolute Gasteiger partial charge is 0.259 e. The number of anilines is 1. The second kappa shape index (κ2) is 7.21. The average Bonchev–Trinajstić information content (AvgIpc) is 2.86. The molecule has 1 heterocycles. The Morgan fingerprint density at radius 1 is 1.12 bits per heavy atom. The average molecular weight is 334 g/mol. The van der Waals surface area contributed by atoms with Gasteiger partial charge in [0, 0.05) is 34.9 Å². The molecule has 128 valence electrons. The maximum Gasteiger partial charge on any atom is 0.259 e. The summed E-state index contributed by atoms with van der Waals surface area (Å²) in [5.74, 6) is -0.183. The van der Waals surface area contributed by atoms with E-state index in [1.807, 2.05) is 57.3 Å². The lowest BCUT2D eigenvalue weighted by Crippen LogP contribution is -2.26. The first-order valence-corrected chi connectivity index (χ1v) is 8.23. The van der Waals surface area contributed by atoms with Gasteiger partial charge in [-0.25, -0.2) is 5.43 Å². The molecule has 0 unspecified atom stereocenters. The van der Waals surface area contributed by atoms with Crippen LogP contribution < -0.4 is 10.7 Å². The Balaban J connectivity index is 1.65. The van der Waals surface area contributed by atoms with Crippen LogP contribution in [0.5, 0.6) is 0 Å². The van der Waals surface area contributed by atoms with Crippen molar-refractivity contribution < 1.29 is 4.79 Å². The van der Waals surface area contributed by atoms with Crippen LogP contribution in [0.3, 0.4) is 0 Å². The number of aryl methyl sites for hydroxylation is 2. The van der Waals surface area contributed by atoms with Crippen LogP contribution in [0, 0.1) is 13.8 Å². The molecule has 0 fully saturated rings. The van der Waals surface area contributed by atoms with Crippen molar-refractivity contribution in [3.05, 3.63) is 65.4 Å². The minimum absolute atomic E-state index is 0.177. The van der Waals surface area contributed by atoms with Gasteiger partial charge in [-0.15, -0.1) is 0 Å². The molecule has 0 aliphatic rings. The van der Waals surface area contributed by atoms with Crippen LogP contribution in [-0.4, -0.2) is 23.2 Å². The zero-order valence-corrected chi connectivity index (χ0v) is 14.7. The summed E-state index contributed by atoms with van der Waals surface area (Å²) < 4.78 is 2.12. The summed E-state index contributed by atoms with van der Waals surface area (Å²) in [6.45, 7) is 4.22. The van der Waals surface area contributed by atoms with Crippen molar-refractivity contribution >= 4 is 28.7 Å². The molecule has 1 amide bonds.